The highest BCUT2D eigenvalue weighted by molar-refractivity contribution is 5.82. The van der Waals surface area contributed by atoms with Gasteiger partial charge in [-0.15, -0.1) is 0 Å². The molecule has 1 unspecified atom stereocenters. The number of hydrogen-bond donors (Lipinski definition) is 2. The number of para-hydroxylation sites is 1. The number of hydrogen-bond acceptors (Lipinski definition) is 4. The fraction of sp³-hybridized carbons (Fsp3) is 0.467. The third-order valence-electron chi connectivity index (χ3n) is 3.32. The van der Waals surface area contributed by atoms with Crippen LogP contribution in [0.3, 0.4) is 0 Å². The number of rotatable bonds is 6. The number of carboxylic acids is 1. The molecule has 0 aliphatic carbocycles. The first-order valence-electron chi connectivity index (χ1n) is 7.04. The highest BCUT2D eigenvalue weighted by atomic mass is 19.1. The van der Waals surface area contributed by atoms with Gasteiger partial charge in [0.1, 0.15) is 12.2 Å². The predicted octanol–water partition coefficient (Wildman–Crippen LogP) is 1.34. The van der Waals surface area contributed by atoms with Crippen LogP contribution in [-0.2, 0) is 14.3 Å². The largest absolute Gasteiger partial charge is 0.486 e. The van der Waals surface area contributed by atoms with Crippen molar-refractivity contribution in [3.63, 3.8) is 0 Å². The summed E-state index contributed by atoms with van der Waals surface area (Å²) < 4.78 is 24.0. The first-order chi connectivity index (χ1) is 10.5. The van der Waals surface area contributed by atoms with Crippen molar-refractivity contribution in [1.82, 2.24) is 5.32 Å². The van der Waals surface area contributed by atoms with Gasteiger partial charge >= 0.3 is 5.97 Å². The lowest BCUT2D eigenvalue weighted by molar-refractivity contribution is -0.151. The molecule has 1 aromatic rings. The molecular weight excluding hydrogens is 293 g/mol. The average molecular weight is 311 g/mol. The summed E-state index contributed by atoms with van der Waals surface area (Å²) in [5, 5.41) is 11.4. The van der Waals surface area contributed by atoms with Crippen molar-refractivity contribution in [2.75, 3.05) is 6.54 Å². The Morgan fingerprint density at radius 3 is 2.73 bits per heavy atom. The number of aliphatic carboxylic acids is 1. The highest BCUT2D eigenvalue weighted by Gasteiger charge is 2.34. The number of benzene rings is 1. The van der Waals surface area contributed by atoms with Crippen LogP contribution in [-0.4, -0.2) is 41.8 Å². The molecule has 0 saturated carbocycles. The van der Waals surface area contributed by atoms with E-state index >= 15 is 0 Å². The van der Waals surface area contributed by atoms with E-state index in [0.717, 1.165) is 0 Å². The summed E-state index contributed by atoms with van der Waals surface area (Å²) in [4.78, 5) is 22.6. The maximum Gasteiger partial charge on any atom is 0.332 e. The SMILES string of the molecule is CC(CNC(=O)[C@@H]1CC[C@H](C(=O)O)O1)Oc1ccccc1F. The summed E-state index contributed by atoms with van der Waals surface area (Å²) in [5.41, 5.74) is 0. The van der Waals surface area contributed by atoms with E-state index in [2.05, 4.69) is 5.32 Å². The first kappa shape index (κ1) is 16.2. The maximum atomic E-state index is 13.4. The van der Waals surface area contributed by atoms with Crippen molar-refractivity contribution >= 4 is 11.9 Å². The number of nitrogens with one attached hydrogen (secondary N) is 1. The van der Waals surface area contributed by atoms with E-state index in [4.69, 9.17) is 14.6 Å². The lowest BCUT2D eigenvalue weighted by atomic mass is 10.2. The Morgan fingerprint density at radius 1 is 1.41 bits per heavy atom. The molecule has 2 rings (SSSR count). The van der Waals surface area contributed by atoms with E-state index in [1.54, 1.807) is 19.1 Å². The topological polar surface area (TPSA) is 84.9 Å². The van der Waals surface area contributed by atoms with Crippen molar-refractivity contribution in [2.45, 2.75) is 38.1 Å². The molecule has 0 radical (unpaired) electrons. The molecule has 0 bridgehead atoms. The van der Waals surface area contributed by atoms with Gasteiger partial charge in [-0.25, -0.2) is 9.18 Å². The van der Waals surface area contributed by atoms with Crippen molar-refractivity contribution in [1.29, 1.82) is 0 Å². The minimum atomic E-state index is -1.06. The van der Waals surface area contributed by atoms with Gasteiger partial charge in [-0.05, 0) is 31.9 Å². The van der Waals surface area contributed by atoms with Crippen LogP contribution in [0.15, 0.2) is 24.3 Å². The molecule has 120 valence electrons. The van der Waals surface area contributed by atoms with Gasteiger partial charge in [0.25, 0.3) is 0 Å². The summed E-state index contributed by atoms with van der Waals surface area (Å²) in [7, 11) is 0. The molecule has 3 atom stereocenters. The van der Waals surface area contributed by atoms with Gasteiger partial charge in [0, 0.05) is 0 Å². The van der Waals surface area contributed by atoms with Crippen molar-refractivity contribution in [2.24, 2.45) is 0 Å². The van der Waals surface area contributed by atoms with Gasteiger partial charge < -0.3 is 19.9 Å². The van der Waals surface area contributed by atoms with E-state index < -0.39 is 30.1 Å². The van der Waals surface area contributed by atoms with Gasteiger partial charge in [0.15, 0.2) is 17.7 Å². The average Bonchev–Trinajstić information content (AvgIpc) is 2.97. The Labute approximate surface area is 127 Å². The summed E-state index contributed by atoms with van der Waals surface area (Å²) in [5.74, 6) is -1.80. The third-order valence-corrected chi connectivity index (χ3v) is 3.32. The Morgan fingerprint density at radius 2 is 2.09 bits per heavy atom. The highest BCUT2D eigenvalue weighted by Crippen LogP contribution is 2.20. The van der Waals surface area contributed by atoms with E-state index in [0.29, 0.717) is 12.8 Å². The fourth-order valence-corrected chi connectivity index (χ4v) is 2.17. The molecule has 1 fully saturated rings. The molecular formula is C15H18FNO5. The molecule has 0 aromatic heterocycles. The minimum Gasteiger partial charge on any atom is -0.486 e. The second kappa shape index (κ2) is 7.22. The van der Waals surface area contributed by atoms with Crippen LogP contribution in [0.4, 0.5) is 4.39 Å². The maximum absolute atomic E-state index is 13.4. The second-order valence-electron chi connectivity index (χ2n) is 5.13. The van der Waals surface area contributed by atoms with Crippen LogP contribution < -0.4 is 10.1 Å². The van der Waals surface area contributed by atoms with Crippen LogP contribution in [0, 0.1) is 5.82 Å². The summed E-state index contributed by atoms with van der Waals surface area (Å²) in [6, 6.07) is 6.01. The van der Waals surface area contributed by atoms with Crippen molar-refractivity contribution < 1.29 is 28.6 Å². The van der Waals surface area contributed by atoms with E-state index in [-0.39, 0.29) is 18.2 Å². The van der Waals surface area contributed by atoms with E-state index in [1.807, 2.05) is 0 Å². The molecule has 7 heteroatoms. The van der Waals surface area contributed by atoms with Crippen LogP contribution in [0.5, 0.6) is 5.75 Å². The zero-order valence-electron chi connectivity index (χ0n) is 12.1. The quantitative estimate of drug-likeness (QED) is 0.828. The van der Waals surface area contributed by atoms with Crippen LogP contribution in [0.25, 0.3) is 0 Å². The van der Waals surface area contributed by atoms with E-state index in [1.165, 1.54) is 12.1 Å². The molecule has 6 nitrogen and oxygen atoms in total. The molecule has 22 heavy (non-hydrogen) atoms. The molecule has 0 spiro atoms. The van der Waals surface area contributed by atoms with E-state index in [9.17, 15) is 14.0 Å². The lowest BCUT2D eigenvalue weighted by Gasteiger charge is -2.17. The molecule has 1 heterocycles. The van der Waals surface area contributed by atoms with Crippen molar-refractivity contribution in [3.05, 3.63) is 30.1 Å². The lowest BCUT2D eigenvalue weighted by Crippen LogP contribution is -2.40. The zero-order chi connectivity index (χ0) is 16.1. The summed E-state index contributed by atoms with van der Waals surface area (Å²) in [6.07, 6.45) is -1.44. The zero-order valence-corrected chi connectivity index (χ0v) is 12.1. The number of ether oxygens (including phenoxy) is 2. The molecule has 1 aliphatic heterocycles. The van der Waals surface area contributed by atoms with Gasteiger partial charge in [0.2, 0.25) is 5.91 Å². The molecule has 2 N–H and O–H groups in total. The van der Waals surface area contributed by atoms with Gasteiger partial charge in [0.05, 0.1) is 6.54 Å². The van der Waals surface area contributed by atoms with Crippen LogP contribution in [0.1, 0.15) is 19.8 Å². The Balaban J connectivity index is 1.77. The van der Waals surface area contributed by atoms with Gasteiger partial charge in [-0.2, -0.15) is 0 Å². The standard InChI is InChI=1S/C15H18FNO5/c1-9(21-11-5-3-2-4-10(11)16)8-17-14(18)12-6-7-13(22-12)15(19)20/h2-5,9,12-13H,6-8H2,1H3,(H,17,18)(H,19,20)/t9?,12-,13+/m0/s1. The molecule has 1 amide bonds. The minimum absolute atomic E-state index is 0.118. The Hall–Kier alpha value is -2.15. The van der Waals surface area contributed by atoms with Gasteiger partial charge in [-0.3, -0.25) is 4.79 Å². The second-order valence-corrected chi connectivity index (χ2v) is 5.13. The first-order valence-corrected chi connectivity index (χ1v) is 7.04. The third kappa shape index (κ3) is 4.17. The number of carbonyl (C=O) groups excluding carboxylic acids is 1. The number of halogens is 1. The number of carboxylic acid groups (broad SMARTS) is 1. The Kier molecular flexibility index (Phi) is 5.32. The number of carbonyl (C=O) groups is 2. The summed E-state index contributed by atoms with van der Waals surface area (Å²) in [6.45, 7) is 1.87. The Bertz CT molecular complexity index is 550. The van der Waals surface area contributed by atoms with Crippen LogP contribution >= 0.6 is 0 Å². The summed E-state index contributed by atoms with van der Waals surface area (Å²) >= 11 is 0. The van der Waals surface area contributed by atoms with Crippen LogP contribution in [0.2, 0.25) is 0 Å². The molecule has 1 saturated heterocycles. The fourth-order valence-electron chi connectivity index (χ4n) is 2.17. The van der Waals surface area contributed by atoms with Gasteiger partial charge in [-0.1, -0.05) is 12.1 Å². The monoisotopic (exact) mass is 311 g/mol. The molecule has 1 aromatic carbocycles. The number of amides is 1. The predicted molar refractivity (Wildman–Crippen MR) is 75.0 cm³/mol. The van der Waals surface area contributed by atoms with Crippen molar-refractivity contribution in [3.8, 4) is 5.75 Å². The normalized spacial score (nSPS) is 22.1. The molecule has 1 aliphatic rings. The smallest absolute Gasteiger partial charge is 0.332 e.